The lowest BCUT2D eigenvalue weighted by Gasteiger charge is -2.37. The van der Waals surface area contributed by atoms with E-state index in [1.165, 1.54) is 6.20 Å². The van der Waals surface area contributed by atoms with E-state index >= 15 is 0 Å². The third-order valence-corrected chi connectivity index (χ3v) is 3.80. The maximum absolute atomic E-state index is 12.2. The van der Waals surface area contributed by atoms with E-state index in [9.17, 15) is 9.59 Å². The van der Waals surface area contributed by atoms with Gasteiger partial charge >= 0.3 is 0 Å². The molecule has 0 radical (unpaired) electrons. The number of hydrogen-bond acceptors (Lipinski definition) is 4. The molecule has 2 saturated heterocycles. The standard InChI is InChI=1S/C12H17N5O2/c13-9-5-14-16(6-9)8-12(19)15-3-4-17-10(7-15)1-2-11(17)18/h5-6,10H,1-4,7-8,13H2. The van der Waals surface area contributed by atoms with Crippen LogP contribution < -0.4 is 5.73 Å². The van der Waals surface area contributed by atoms with Crippen LogP contribution in [0, 0.1) is 0 Å². The largest absolute Gasteiger partial charge is 0.396 e. The minimum atomic E-state index is 0.0297. The van der Waals surface area contributed by atoms with Crippen molar-refractivity contribution in [3.8, 4) is 0 Å². The first-order chi connectivity index (χ1) is 9.13. The molecule has 102 valence electrons. The number of carbonyl (C=O) groups excluding carboxylic acids is 2. The van der Waals surface area contributed by atoms with Crippen LogP contribution in [-0.2, 0) is 16.1 Å². The molecule has 1 aromatic rings. The molecule has 1 aromatic heterocycles. The predicted molar refractivity (Wildman–Crippen MR) is 68.0 cm³/mol. The summed E-state index contributed by atoms with van der Waals surface area (Å²) in [5.74, 6) is 0.249. The number of anilines is 1. The third kappa shape index (κ3) is 2.27. The Bertz CT molecular complexity index is 512. The lowest BCUT2D eigenvalue weighted by Crippen LogP contribution is -2.53. The van der Waals surface area contributed by atoms with Crippen molar-refractivity contribution in [1.29, 1.82) is 0 Å². The van der Waals surface area contributed by atoms with Crippen molar-refractivity contribution in [2.45, 2.75) is 25.4 Å². The normalized spacial score (nSPS) is 22.7. The molecule has 0 saturated carbocycles. The zero-order valence-corrected chi connectivity index (χ0v) is 10.7. The molecule has 2 aliphatic heterocycles. The molecule has 3 heterocycles. The Kier molecular flexibility index (Phi) is 2.88. The van der Waals surface area contributed by atoms with Crippen LogP contribution in [0.5, 0.6) is 0 Å². The first-order valence-corrected chi connectivity index (χ1v) is 6.48. The Balaban J connectivity index is 1.61. The van der Waals surface area contributed by atoms with Crippen molar-refractivity contribution >= 4 is 17.5 Å². The van der Waals surface area contributed by atoms with Crippen LogP contribution in [-0.4, -0.2) is 57.1 Å². The summed E-state index contributed by atoms with van der Waals surface area (Å²) in [7, 11) is 0. The lowest BCUT2D eigenvalue weighted by molar-refractivity contribution is -0.139. The van der Waals surface area contributed by atoms with Crippen molar-refractivity contribution in [3.63, 3.8) is 0 Å². The van der Waals surface area contributed by atoms with Crippen LogP contribution in [0.2, 0.25) is 0 Å². The number of carbonyl (C=O) groups is 2. The molecule has 3 rings (SSSR count). The van der Waals surface area contributed by atoms with Gasteiger partial charge in [-0.1, -0.05) is 0 Å². The number of nitrogen functional groups attached to an aromatic ring is 1. The second-order valence-electron chi connectivity index (χ2n) is 5.09. The van der Waals surface area contributed by atoms with Gasteiger partial charge in [0.05, 0.1) is 11.9 Å². The number of fused-ring (bicyclic) bond motifs is 1. The van der Waals surface area contributed by atoms with E-state index in [1.807, 2.05) is 9.80 Å². The highest BCUT2D eigenvalue weighted by molar-refractivity contribution is 5.80. The molecule has 0 spiro atoms. The molecule has 7 nitrogen and oxygen atoms in total. The van der Waals surface area contributed by atoms with Crippen molar-refractivity contribution in [2.24, 2.45) is 0 Å². The fourth-order valence-corrected chi connectivity index (χ4v) is 2.80. The monoisotopic (exact) mass is 263 g/mol. The Labute approximate surface area is 110 Å². The van der Waals surface area contributed by atoms with E-state index < -0.39 is 0 Å². The van der Waals surface area contributed by atoms with E-state index in [0.29, 0.717) is 31.7 Å². The maximum Gasteiger partial charge on any atom is 0.244 e. The molecule has 7 heteroatoms. The maximum atomic E-state index is 12.2. The Hall–Kier alpha value is -2.05. The summed E-state index contributed by atoms with van der Waals surface area (Å²) in [6.07, 6.45) is 4.65. The van der Waals surface area contributed by atoms with Crippen molar-refractivity contribution in [2.75, 3.05) is 25.4 Å². The fraction of sp³-hybridized carbons (Fsp3) is 0.583. The minimum absolute atomic E-state index is 0.0297. The Morgan fingerprint density at radius 2 is 2.32 bits per heavy atom. The summed E-state index contributed by atoms with van der Waals surface area (Å²) >= 11 is 0. The molecule has 2 aliphatic rings. The van der Waals surface area contributed by atoms with Gasteiger partial charge in [-0.2, -0.15) is 5.10 Å². The minimum Gasteiger partial charge on any atom is -0.396 e. The van der Waals surface area contributed by atoms with Crippen molar-refractivity contribution in [3.05, 3.63) is 12.4 Å². The molecule has 0 bridgehead atoms. The number of aromatic nitrogens is 2. The second-order valence-corrected chi connectivity index (χ2v) is 5.09. The van der Waals surface area contributed by atoms with E-state index in [-0.39, 0.29) is 24.4 Å². The van der Waals surface area contributed by atoms with Crippen LogP contribution in [0.1, 0.15) is 12.8 Å². The van der Waals surface area contributed by atoms with Crippen molar-refractivity contribution < 1.29 is 9.59 Å². The number of rotatable bonds is 2. The smallest absolute Gasteiger partial charge is 0.244 e. The third-order valence-electron chi connectivity index (χ3n) is 3.80. The number of amides is 2. The Morgan fingerprint density at radius 3 is 3.05 bits per heavy atom. The summed E-state index contributed by atoms with van der Waals surface area (Å²) in [6.45, 7) is 2.10. The zero-order valence-electron chi connectivity index (χ0n) is 10.7. The van der Waals surface area contributed by atoms with Crippen LogP contribution in [0.25, 0.3) is 0 Å². The highest BCUT2D eigenvalue weighted by atomic mass is 16.2. The van der Waals surface area contributed by atoms with Crippen LogP contribution >= 0.6 is 0 Å². The number of nitrogens with zero attached hydrogens (tertiary/aromatic N) is 4. The van der Waals surface area contributed by atoms with Gasteiger partial charge in [-0.05, 0) is 6.42 Å². The van der Waals surface area contributed by atoms with Crippen LogP contribution in [0.4, 0.5) is 5.69 Å². The van der Waals surface area contributed by atoms with Gasteiger partial charge in [0.1, 0.15) is 6.54 Å². The average Bonchev–Trinajstić information content (AvgIpc) is 2.96. The average molecular weight is 263 g/mol. The van der Waals surface area contributed by atoms with Gasteiger partial charge < -0.3 is 15.5 Å². The predicted octanol–water partition coefficient (Wildman–Crippen LogP) is -0.701. The molecule has 0 aromatic carbocycles. The molecule has 2 N–H and O–H groups in total. The lowest BCUT2D eigenvalue weighted by atomic mass is 10.1. The summed E-state index contributed by atoms with van der Waals surface area (Å²) in [4.78, 5) is 27.5. The molecule has 19 heavy (non-hydrogen) atoms. The van der Waals surface area contributed by atoms with E-state index in [2.05, 4.69) is 5.10 Å². The van der Waals surface area contributed by atoms with Crippen LogP contribution in [0.3, 0.4) is 0 Å². The summed E-state index contributed by atoms with van der Waals surface area (Å²) in [5, 5.41) is 4.01. The van der Waals surface area contributed by atoms with Gasteiger partial charge in [0.25, 0.3) is 0 Å². The quantitative estimate of drug-likeness (QED) is 0.764. The van der Waals surface area contributed by atoms with Gasteiger partial charge in [-0.15, -0.1) is 0 Å². The molecular weight excluding hydrogens is 246 g/mol. The first-order valence-electron chi connectivity index (χ1n) is 6.48. The number of piperazine rings is 1. The zero-order chi connectivity index (χ0) is 13.4. The van der Waals surface area contributed by atoms with E-state index in [4.69, 9.17) is 5.73 Å². The van der Waals surface area contributed by atoms with Gasteiger partial charge in [0, 0.05) is 38.3 Å². The van der Waals surface area contributed by atoms with Crippen molar-refractivity contribution in [1.82, 2.24) is 19.6 Å². The Morgan fingerprint density at radius 1 is 1.47 bits per heavy atom. The van der Waals surface area contributed by atoms with E-state index in [0.717, 1.165) is 6.42 Å². The van der Waals surface area contributed by atoms with E-state index in [1.54, 1.807) is 10.9 Å². The molecule has 0 aliphatic carbocycles. The second kappa shape index (κ2) is 4.56. The van der Waals surface area contributed by atoms with Gasteiger partial charge in [0.2, 0.25) is 11.8 Å². The molecular formula is C12H17N5O2. The highest BCUT2D eigenvalue weighted by Gasteiger charge is 2.36. The SMILES string of the molecule is Nc1cnn(CC(=O)N2CCN3C(=O)CCC3C2)c1. The molecule has 2 amide bonds. The number of hydrogen-bond donors (Lipinski definition) is 1. The summed E-state index contributed by atoms with van der Waals surface area (Å²) in [5.41, 5.74) is 6.12. The number of nitrogens with two attached hydrogens (primary N) is 1. The van der Waals surface area contributed by atoms with Gasteiger partial charge in [-0.25, -0.2) is 0 Å². The topological polar surface area (TPSA) is 84.5 Å². The van der Waals surface area contributed by atoms with Gasteiger partial charge in [-0.3, -0.25) is 14.3 Å². The summed E-state index contributed by atoms with van der Waals surface area (Å²) < 4.78 is 1.55. The molecule has 1 unspecified atom stereocenters. The molecule has 2 fully saturated rings. The summed E-state index contributed by atoms with van der Waals surface area (Å²) in [6, 6.07) is 0.202. The molecule has 1 atom stereocenters. The first kappa shape index (κ1) is 12.0. The van der Waals surface area contributed by atoms with Gasteiger partial charge in [0.15, 0.2) is 0 Å². The highest BCUT2D eigenvalue weighted by Crippen LogP contribution is 2.22. The fourth-order valence-electron chi connectivity index (χ4n) is 2.80. The van der Waals surface area contributed by atoms with Crippen LogP contribution in [0.15, 0.2) is 12.4 Å².